The lowest BCUT2D eigenvalue weighted by Gasteiger charge is -2.31. The number of aromatic nitrogens is 2. The normalized spacial score (nSPS) is 21.3. The van der Waals surface area contributed by atoms with Gasteiger partial charge in [0.1, 0.15) is 11.6 Å². The second kappa shape index (κ2) is 4.61. The lowest BCUT2D eigenvalue weighted by atomic mass is 10.0. The van der Waals surface area contributed by atoms with Gasteiger partial charge in [-0.05, 0) is 32.5 Å². The van der Waals surface area contributed by atoms with E-state index < -0.39 is 0 Å². The van der Waals surface area contributed by atoms with E-state index in [4.69, 9.17) is 4.74 Å². The SMILES string of the molecule is COc1ccn2c(C3CCCCN3C)ncc2c1. The first-order valence-corrected chi connectivity index (χ1v) is 6.51. The molecule has 1 saturated heterocycles. The maximum absolute atomic E-state index is 5.25. The van der Waals surface area contributed by atoms with E-state index in [9.17, 15) is 0 Å². The van der Waals surface area contributed by atoms with Crippen LogP contribution in [-0.4, -0.2) is 35.0 Å². The summed E-state index contributed by atoms with van der Waals surface area (Å²) < 4.78 is 7.42. The van der Waals surface area contributed by atoms with E-state index in [0.717, 1.165) is 23.6 Å². The fourth-order valence-corrected chi connectivity index (χ4v) is 2.77. The molecule has 0 saturated carbocycles. The number of rotatable bonds is 2. The molecule has 0 spiro atoms. The molecule has 1 fully saturated rings. The maximum atomic E-state index is 5.25. The van der Waals surface area contributed by atoms with Crippen molar-refractivity contribution >= 4 is 5.52 Å². The molecule has 0 bridgehead atoms. The van der Waals surface area contributed by atoms with Crippen molar-refractivity contribution in [1.29, 1.82) is 0 Å². The van der Waals surface area contributed by atoms with E-state index in [1.807, 2.05) is 18.3 Å². The molecule has 2 aromatic rings. The molecule has 3 heterocycles. The first kappa shape index (κ1) is 11.5. The van der Waals surface area contributed by atoms with Gasteiger partial charge in [-0.3, -0.25) is 4.90 Å². The Balaban J connectivity index is 2.01. The Kier molecular flexibility index (Phi) is 2.96. The molecule has 4 nitrogen and oxygen atoms in total. The molecule has 1 aliphatic rings. The molecule has 3 rings (SSSR count). The standard InChI is InChI=1S/C14H19N3O/c1-16-7-4-3-5-13(16)14-15-10-11-9-12(18-2)6-8-17(11)14/h6,8-10,13H,3-5,7H2,1-2H3. The zero-order chi connectivity index (χ0) is 12.5. The van der Waals surface area contributed by atoms with Crippen molar-refractivity contribution in [2.45, 2.75) is 25.3 Å². The summed E-state index contributed by atoms with van der Waals surface area (Å²) in [7, 11) is 3.88. The van der Waals surface area contributed by atoms with Gasteiger partial charge < -0.3 is 9.14 Å². The highest BCUT2D eigenvalue weighted by atomic mass is 16.5. The number of pyridine rings is 1. The van der Waals surface area contributed by atoms with E-state index in [0.29, 0.717) is 6.04 Å². The summed E-state index contributed by atoms with van der Waals surface area (Å²) in [6.45, 7) is 1.16. The molecular weight excluding hydrogens is 226 g/mol. The van der Waals surface area contributed by atoms with Crippen molar-refractivity contribution in [3.8, 4) is 5.75 Å². The van der Waals surface area contributed by atoms with Gasteiger partial charge in [-0.15, -0.1) is 0 Å². The third kappa shape index (κ3) is 1.86. The van der Waals surface area contributed by atoms with E-state index in [1.54, 1.807) is 7.11 Å². The topological polar surface area (TPSA) is 29.8 Å². The number of hydrogen-bond donors (Lipinski definition) is 0. The molecule has 0 N–H and O–H groups in total. The summed E-state index contributed by atoms with van der Waals surface area (Å²) in [5.41, 5.74) is 1.10. The van der Waals surface area contributed by atoms with Gasteiger partial charge in [0.05, 0.1) is 24.9 Å². The number of nitrogens with zero attached hydrogens (tertiary/aromatic N) is 3. The second-order valence-corrected chi connectivity index (χ2v) is 4.97. The number of piperidine rings is 1. The number of imidazole rings is 1. The Morgan fingerprint density at radius 2 is 2.28 bits per heavy atom. The summed E-state index contributed by atoms with van der Waals surface area (Å²) >= 11 is 0. The molecule has 0 radical (unpaired) electrons. The van der Waals surface area contributed by atoms with Crippen LogP contribution < -0.4 is 4.74 Å². The van der Waals surface area contributed by atoms with Gasteiger partial charge in [0, 0.05) is 12.3 Å². The van der Waals surface area contributed by atoms with Crippen molar-refractivity contribution in [2.75, 3.05) is 20.7 Å². The van der Waals surface area contributed by atoms with Crippen LogP contribution in [0.25, 0.3) is 5.52 Å². The van der Waals surface area contributed by atoms with Gasteiger partial charge in [0.15, 0.2) is 0 Å². The minimum absolute atomic E-state index is 0.439. The molecule has 0 aromatic carbocycles. The van der Waals surface area contributed by atoms with Crippen molar-refractivity contribution in [2.24, 2.45) is 0 Å². The molecule has 1 atom stereocenters. The predicted octanol–water partition coefficient (Wildman–Crippen LogP) is 2.50. The summed E-state index contributed by atoms with van der Waals surface area (Å²) in [6.07, 6.45) is 7.77. The zero-order valence-electron chi connectivity index (χ0n) is 11.0. The summed E-state index contributed by atoms with van der Waals surface area (Å²) in [5, 5.41) is 0. The smallest absolute Gasteiger partial charge is 0.130 e. The van der Waals surface area contributed by atoms with E-state index >= 15 is 0 Å². The van der Waals surface area contributed by atoms with Gasteiger partial charge in [-0.1, -0.05) is 6.42 Å². The number of likely N-dealkylation sites (tertiary alicyclic amines) is 1. The van der Waals surface area contributed by atoms with Gasteiger partial charge >= 0.3 is 0 Å². The van der Waals surface area contributed by atoms with Crippen LogP contribution in [0.5, 0.6) is 5.75 Å². The molecule has 1 unspecified atom stereocenters. The van der Waals surface area contributed by atoms with Crippen molar-refractivity contribution in [1.82, 2.24) is 14.3 Å². The Morgan fingerprint density at radius 1 is 1.39 bits per heavy atom. The molecule has 1 aliphatic heterocycles. The summed E-state index contributed by atoms with van der Waals surface area (Å²) in [6, 6.07) is 4.45. The molecule has 18 heavy (non-hydrogen) atoms. The number of hydrogen-bond acceptors (Lipinski definition) is 3. The largest absolute Gasteiger partial charge is 0.497 e. The maximum Gasteiger partial charge on any atom is 0.130 e. The minimum atomic E-state index is 0.439. The summed E-state index contributed by atoms with van der Waals surface area (Å²) in [4.78, 5) is 7.02. The number of methoxy groups -OCH3 is 1. The first-order valence-electron chi connectivity index (χ1n) is 6.51. The summed E-state index contributed by atoms with van der Waals surface area (Å²) in [5.74, 6) is 2.03. The van der Waals surface area contributed by atoms with Crippen LogP contribution in [0.2, 0.25) is 0 Å². The van der Waals surface area contributed by atoms with Crippen LogP contribution in [-0.2, 0) is 0 Å². The van der Waals surface area contributed by atoms with Crippen LogP contribution in [0.1, 0.15) is 31.1 Å². The molecule has 96 valence electrons. The highest BCUT2D eigenvalue weighted by Gasteiger charge is 2.24. The monoisotopic (exact) mass is 245 g/mol. The fraction of sp³-hybridized carbons (Fsp3) is 0.500. The average molecular weight is 245 g/mol. The van der Waals surface area contributed by atoms with Gasteiger partial charge in [0.25, 0.3) is 0 Å². The Morgan fingerprint density at radius 3 is 3.06 bits per heavy atom. The predicted molar refractivity (Wildman–Crippen MR) is 71.0 cm³/mol. The van der Waals surface area contributed by atoms with Crippen LogP contribution in [0.3, 0.4) is 0 Å². The van der Waals surface area contributed by atoms with E-state index in [1.165, 1.54) is 19.3 Å². The number of fused-ring (bicyclic) bond motifs is 1. The molecule has 4 heteroatoms. The van der Waals surface area contributed by atoms with Gasteiger partial charge in [0.2, 0.25) is 0 Å². The molecule has 2 aromatic heterocycles. The Hall–Kier alpha value is -1.55. The van der Waals surface area contributed by atoms with E-state index in [2.05, 4.69) is 27.5 Å². The van der Waals surface area contributed by atoms with Crippen molar-refractivity contribution < 1.29 is 4.74 Å². The lowest BCUT2D eigenvalue weighted by Crippen LogP contribution is -2.30. The minimum Gasteiger partial charge on any atom is -0.497 e. The van der Waals surface area contributed by atoms with Crippen LogP contribution in [0.4, 0.5) is 0 Å². The van der Waals surface area contributed by atoms with Crippen LogP contribution in [0.15, 0.2) is 24.5 Å². The third-order valence-corrected chi connectivity index (χ3v) is 3.84. The van der Waals surface area contributed by atoms with E-state index in [-0.39, 0.29) is 0 Å². The quantitative estimate of drug-likeness (QED) is 0.814. The second-order valence-electron chi connectivity index (χ2n) is 4.97. The van der Waals surface area contributed by atoms with Crippen LogP contribution >= 0.6 is 0 Å². The highest BCUT2D eigenvalue weighted by molar-refractivity contribution is 5.50. The van der Waals surface area contributed by atoms with Crippen LogP contribution in [0, 0.1) is 0 Å². The first-order chi connectivity index (χ1) is 8.79. The van der Waals surface area contributed by atoms with Crippen molar-refractivity contribution in [3.05, 3.63) is 30.4 Å². The Bertz CT molecular complexity index is 549. The fourth-order valence-electron chi connectivity index (χ4n) is 2.77. The van der Waals surface area contributed by atoms with Crippen molar-refractivity contribution in [3.63, 3.8) is 0 Å². The number of ether oxygens (including phenoxy) is 1. The zero-order valence-corrected chi connectivity index (χ0v) is 11.0. The lowest BCUT2D eigenvalue weighted by molar-refractivity contribution is 0.179. The Labute approximate surface area is 107 Å². The molecular formula is C14H19N3O. The van der Waals surface area contributed by atoms with Gasteiger partial charge in [-0.2, -0.15) is 0 Å². The van der Waals surface area contributed by atoms with Gasteiger partial charge in [-0.25, -0.2) is 4.98 Å². The third-order valence-electron chi connectivity index (χ3n) is 3.84. The molecule has 0 aliphatic carbocycles. The average Bonchev–Trinajstić information content (AvgIpc) is 2.82. The molecule has 0 amide bonds. The highest BCUT2D eigenvalue weighted by Crippen LogP contribution is 2.29.